The molecule has 0 aromatic carbocycles. The molecule has 1 N–H and O–H groups in total. The Labute approximate surface area is 106 Å². The molecule has 2 heterocycles. The Kier molecular flexibility index (Phi) is 3.50. The van der Waals surface area contributed by atoms with Crippen LogP contribution in [0.2, 0.25) is 0 Å². The molecule has 0 aliphatic rings. The predicted molar refractivity (Wildman–Crippen MR) is 70.8 cm³/mol. The molecule has 0 amide bonds. The summed E-state index contributed by atoms with van der Waals surface area (Å²) in [6.45, 7) is 6.64. The molecular formula is C13H19FN4. The van der Waals surface area contributed by atoms with E-state index in [1.54, 1.807) is 6.20 Å². The van der Waals surface area contributed by atoms with Gasteiger partial charge in [-0.05, 0) is 12.5 Å². The maximum absolute atomic E-state index is 12.1. The molecule has 0 atom stereocenters. The standard InChI is InChI=1S/C13H19FN4/c1-13(2,3)11-9-10-12(15-6-4-5-14)16-7-8-18(10)17-11/h7-9H,4-6H2,1-3H3,(H,15,16). The molecule has 0 aliphatic heterocycles. The van der Waals surface area contributed by atoms with Gasteiger partial charge in [0, 0.05) is 24.4 Å². The third-order valence-electron chi connectivity index (χ3n) is 2.76. The molecule has 0 saturated heterocycles. The second-order valence-electron chi connectivity index (χ2n) is 5.35. The van der Waals surface area contributed by atoms with Crippen molar-refractivity contribution in [2.75, 3.05) is 18.5 Å². The first-order valence-corrected chi connectivity index (χ1v) is 6.17. The summed E-state index contributed by atoms with van der Waals surface area (Å²) >= 11 is 0. The molecule has 2 rings (SSSR count). The normalized spacial score (nSPS) is 12.0. The fraction of sp³-hybridized carbons (Fsp3) is 0.538. The van der Waals surface area contributed by atoms with E-state index >= 15 is 0 Å². The molecule has 0 spiro atoms. The van der Waals surface area contributed by atoms with Gasteiger partial charge in [0.1, 0.15) is 5.52 Å². The van der Waals surface area contributed by atoms with Crippen LogP contribution >= 0.6 is 0 Å². The molecule has 4 nitrogen and oxygen atoms in total. The molecule has 2 aromatic heterocycles. The Bertz CT molecular complexity index is 527. The lowest BCUT2D eigenvalue weighted by molar-refractivity contribution is 0.481. The first-order valence-electron chi connectivity index (χ1n) is 6.17. The zero-order valence-corrected chi connectivity index (χ0v) is 11.1. The van der Waals surface area contributed by atoms with E-state index in [-0.39, 0.29) is 12.1 Å². The van der Waals surface area contributed by atoms with Gasteiger partial charge in [-0.15, -0.1) is 0 Å². The van der Waals surface area contributed by atoms with Crippen LogP contribution in [0.1, 0.15) is 32.9 Å². The highest BCUT2D eigenvalue weighted by Gasteiger charge is 2.18. The number of nitrogens with one attached hydrogen (secondary N) is 1. The molecule has 5 heteroatoms. The van der Waals surface area contributed by atoms with Gasteiger partial charge < -0.3 is 5.32 Å². The molecular weight excluding hydrogens is 231 g/mol. The smallest absolute Gasteiger partial charge is 0.152 e. The van der Waals surface area contributed by atoms with Gasteiger partial charge in [0.25, 0.3) is 0 Å². The molecule has 18 heavy (non-hydrogen) atoms. The lowest BCUT2D eigenvalue weighted by atomic mass is 9.92. The largest absolute Gasteiger partial charge is 0.368 e. The van der Waals surface area contributed by atoms with E-state index in [2.05, 4.69) is 36.2 Å². The summed E-state index contributed by atoms with van der Waals surface area (Å²) in [7, 11) is 0. The average Bonchev–Trinajstić information content (AvgIpc) is 2.73. The van der Waals surface area contributed by atoms with Crippen molar-refractivity contribution in [1.29, 1.82) is 0 Å². The van der Waals surface area contributed by atoms with Crippen LogP contribution in [0.15, 0.2) is 18.5 Å². The molecule has 0 aliphatic carbocycles. The summed E-state index contributed by atoms with van der Waals surface area (Å²) in [6, 6.07) is 2.03. The Balaban J connectivity index is 2.33. The number of anilines is 1. The highest BCUT2D eigenvalue weighted by Crippen LogP contribution is 2.24. The van der Waals surface area contributed by atoms with Crippen LogP contribution in [-0.4, -0.2) is 27.8 Å². The highest BCUT2D eigenvalue weighted by atomic mass is 19.1. The van der Waals surface area contributed by atoms with Crippen molar-refractivity contribution in [3.63, 3.8) is 0 Å². The molecule has 0 saturated carbocycles. The van der Waals surface area contributed by atoms with Crippen LogP contribution in [0.4, 0.5) is 10.2 Å². The summed E-state index contributed by atoms with van der Waals surface area (Å²) in [5, 5.41) is 7.68. The van der Waals surface area contributed by atoms with E-state index in [0.717, 1.165) is 17.0 Å². The summed E-state index contributed by atoms with van der Waals surface area (Å²) in [6.07, 6.45) is 4.01. The minimum atomic E-state index is -0.317. The van der Waals surface area contributed by atoms with E-state index in [1.165, 1.54) is 0 Å². The van der Waals surface area contributed by atoms with Crippen molar-refractivity contribution in [2.24, 2.45) is 0 Å². The average molecular weight is 250 g/mol. The van der Waals surface area contributed by atoms with E-state index in [1.807, 2.05) is 16.8 Å². The quantitative estimate of drug-likeness (QED) is 0.848. The fourth-order valence-corrected chi connectivity index (χ4v) is 1.70. The van der Waals surface area contributed by atoms with Crippen LogP contribution in [-0.2, 0) is 5.41 Å². The van der Waals surface area contributed by atoms with E-state index in [4.69, 9.17) is 0 Å². The Morgan fingerprint density at radius 3 is 2.83 bits per heavy atom. The van der Waals surface area contributed by atoms with Gasteiger partial charge in [-0.25, -0.2) is 9.50 Å². The number of nitrogens with zero attached hydrogens (tertiary/aromatic N) is 3. The molecule has 0 radical (unpaired) electrons. The number of fused-ring (bicyclic) bond motifs is 1. The lowest BCUT2D eigenvalue weighted by Gasteiger charge is -2.13. The second-order valence-corrected chi connectivity index (χ2v) is 5.35. The Hall–Kier alpha value is -1.65. The summed E-state index contributed by atoms with van der Waals surface area (Å²) in [5.74, 6) is 0.758. The Morgan fingerprint density at radius 1 is 1.39 bits per heavy atom. The SMILES string of the molecule is CC(C)(C)c1cc2c(NCCCF)nccn2n1. The van der Waals surface area contributed by atoms with Crippen molar-refractivity contribution in [1.82, 2.24) is 14.6 Å². The third-order valence-corrected chi connectivity index (χ3v) is 2.76. The van der Waals surface area contributed by atoms with Crippen LogP contribution < -0.4 is 5.32 Å². The lowest BCUT2D eigenvalue weighted by Crippen LogP contribution is -2.11. The molecule has 2 aromatic rings. The van der Waals surface area contributed by atoms with Crippen LogP contribution in [0, 0.1) is 0 Å². The summed E-state index contributed by atoms with van der Waals surface area (Å²) in [5.41, 5.74) is 1.95. The van der Waals surface area contributed by atoms with Gasteiger partial charge in [0.2, 0.25) is 0 Å². The predicted octanol–water partition coefficient (Wildman–Crippen LogP) is 2.80. The fourth-order valence-electron chi connectivity index (χ4n) is 1.70. The first-order chi connectivity index (χ1) is 8.52. The first kappa shape index (κ1) is 12.8. The topological polar surface area (TPSA) is 42.2 Å². The maximum Gasteiger partial charge on any atom is 0.152 e. The number of halogens is 1. The van der Waals surface area contributed by atoms with Gasteiger partial charge in [-0.3, -0.25) is 4.39 Å². The summed E-state index contributed by atoms with van der Waals surface area (Å²) < 4.78 is 13.9. The van der Waals surface area contributed by atoms with Crippen LogP contribution in [0.3, 0.4) is 0 Å². The molecule has 98 valence electrons. The van der Waals surface area contributed by atoms with Crippen LogP contribution in [0.25, 0.3) is 5.52 Å². The monoisotopic (exact) mass is 250 g/mol. The molecule has 0 unspecified atom stereocenters. The molecule has 0 bridgehead atoms. The third kappa shape index (κ3) is 2.60. The van der Waals surface area contributed by atoms with Gasteiger partial charge in [-0.1, -0.05) is 20.8 Å². The maximum atomic E-state index is 12.1. The number of hydrogen-bond acceptors (Lipinski definition) is 3. The van der Waals surface area contributed by atoms with E-state index in [0.29, 0.717) is 13.0 Å². The number of rotatable bonds is 4. The van der Waals surface area contributed by atoms with Crippen molar-refractivity contribution in [2.45, 2.75) is 32.6 Å². The number of hydrogen-bond donors (Lipinski definition) is 1. The zero-order chi connectivity index (χ0) is 13.2. The Morgan fingerprint density at radius 2 is 2.17 bits per heavy atom. The van der Waals surface area contributed by atoms with Gasteiger partial charge >= 0.3 is 0 Å². The molecule has 0 fully saturated rings. The zero-order valence-electron chi connectivity index (χ0n) is 11.1. The second kappa shape index (κ2) is 4.92. The minimum absolute atomic E-state index is 0.00221. The van der Waals surface area contributed by atoms with E-state index < -0.39 is 0 Å². The van der Waals surface area contributed by atoms with Crippen LogP contribution in [0.5, 0.6) is 0 Å². The summed E-state index contributed by atoms with van der Waals surface area (Å²) in [4.78, 5) is 4.28. The van der Waals surface area contributed by atoms with Gasteiger partial charge in [0.15, 0.2) is 5.82 Å². The van der Waals surface area contributed by atoms with E-state index in [9.17, 15) is 4.39 Å². The number of alkyl halides is 1. The van der Waals surface area contributed by atoms with Gasteiger partial charge in [-0.2, -0.15) is 5.10 Å². The highest BCUT2D eigenvalue weighted by molar-refractivity contribution is 5.68. The number of aromatic nitrogens is 3. The van der Waals surface area contributed by atoms with Crippen molar-refractivity contribution >= 4 is 11.3 Å². The van der Waals surface area contributed by atoms with Crippen molar-refractivity contribution in [3.8, 4) is 0 Å². The minimum Gasteiger partial charge on any atom is -0.368 e. The van der Waals surface area contributed by atoms with Gasteiger partial charge in [0.05, 0.1) is 12.4 Å². The van der Waals surface area contributed by atoms with Crippen molar-refractivity contribution < 1.29 is 4.39 Å². The van der Waals surface area contributed by atoms with Crippen molar-refractivity contribution in [3.05, 3.63) is 24.2 Å².